The molecule has 0 atom stereocenters. The Kier molecular flexibility index (Phi) is 4.04. The molecule has 0 bridgehead atoms. The van der Waals surface area contributed by atoms with Gasteiger partial charge in [0, 0.05) is 47.0 Å². The molecular weight excluding hydrogens is 312 g/mol. The van der Waals surface area contributed by atoms with Crippen LogP contribution >= 0.6 is 11.8 Å². The highest BCUT2D eigenvalue weighted by Gasteiger charge is 2.34. The average molecular weight is 341 g/mol. The van der Waals surface area contributed by atoms with Crippen LogP contribution in [0.1, 0.15) is 50.9 Å². The van der Waals surface area contributed by atoms with E-state index in [2.05, 4.69) is 66.8 Å². The van der Waals surface area contributed by atoms with E-state index >= 15 is 0 Å². The van der Waals surface area contributed by atoms with Gasteiger partial charge in [0.15, 0.2) is 0 Å². The van der Waals surface area contributed by atoms with Crippen LogP contribution in [0.2, 0.25) is 0 Å². The first-order valence-corrected chi connectivity index (χ1v) is 10.3. The molecule has 128 valence electrons. The fraction of sp³-hybridized carbons (Fsp3) is 0.524. The van der Waals surface area contributed by atoms with Gasteiger partial charge in [-0.05, 0) is 69.5 Å². The van der Waals surface area contributed by atoms with Crippen LogP contribution in [0.15, 0.2) is 35.2 Å². The summed E-state index contributed by atoms with van der Waals surface area (Å²) in [6.07, 6.45) is 4.87. The van der Waals surface area contributed by atoms with Crippen molar-refractivity contribution >= 4 is 11.8 Å². The molecule has 0 radical (unpaired) electrons. The molecule has 4 rings (SSSR count). The summed E-state index contributed by atoms with van der Waals surface area (Å²) in [5.74, 6) is 0.787. The molecule has 1 aromatic heterocycles. The molecule has 24 heavy (non-hydrogen) atoms. The maximum atomic E-state index is 2.64. The Hall–Kier alpha value is -1.19. The number of hydrogen-bond donors (Lipinski definition) is 0. The van der Waals surface area contributed by atoms with Crippen molar-refractivity contribution in [3.8, 4) is 11.1 Å². The monoisotopic (exact) mass is 340 g/mol. The predicted molar refractivity (Wildman–Crippen MR) is 104 cm³/mol. The van der Waals surface area contributed by atoms with Crippen molar-refractivity contribution in [3.05, 3.63) is 41.7 Å². The van der Waals surface area contributed by atoms with Gasteiger partial charge in [-0.3, -0.25) is 4.90 Å². The maximum Gasteiger partial charge on any atom is 0.0393 e. The first-order chi connectivity index (χ1) is 11.5. The molecule has 2 aliphatic rings. The molecule has 3 heteroatoms. The second-order valence-corrected chi connectivity index (χ2v) is 9.06. The first kappa shape index (κ1) is 16.3. The summed E-state index contributed by atoms with van der Waals surface area (Å²) in [4.78, 5) is 3.95. The highest BCUT2D eigenvalue weighted by Crippen LogP contribution is 2.47. The summed E-state index contributed by atoms with van der Waals surface area (Å²) in [6, 6.07) is 11.6. The van der Waals surface area contributed by atoms with Gasteiger partial charge in [0.2, 0.25) is 0 Å². The lowest BCUT2D eigenvalue weighted by Crippen LogP contribution is -2.45. The smallest absolute Gasteiger partial charge is 0.0393 e. The zero-order valence-electron chi connectivity index (χ0n) is 15.3. The van der Waals surface area contributed by atoms with Gasteiger partial charge in [0.05, 0.1) is 0 Å². The van der Waals surface area contributed by atoms with E-state index in [-0.39, 0.29) is 5.54 Å². The van der Waals surface area contributed by atoms with E-state index in [0.717, 1.165) is 25.6 Å². The van der Waals surface area contributed by atoms with Gasteiger partial charge < -0.3 is 4.57 Å². The molecule has 1 fully saturated rings. The molecule has 1 saturated carbocycles. The van der Waals surface area contributed by atoms with Crippen molar-refractivity contribution in [2.75, 3.05) is 12.8 Å². The maximum absolute atomic E-state index is 2.64. The van der Waals surface area contributed by atoms with Crippen LogP contribution in [-0.4, -0.2) is 27.8 Å². The summed E-state index contributed by atoms with van der Waals surface area (Å²) < 4.78 is 2.64. The van der Waals surface area contributed by atoms with E-state index in [9.17, 15) is 0 Å². The molecule has 1 aliphatic heterocycles. The number of aromatic nitrogens is 1. The normalized spacial score (nSPS) is 18.7. The standard InChI is InChI=1S/C21H28N2S/c1-21(2,3)22-11-12-23-17(14-22)13-19(20(23)16-5-6-16)15-7-9-18(24-4)10-8-15/h7-10,13,16H,5-6,11-12,14H2,1-4H3. The Labute approximate surface area is 150 Å². The van der Waals surface area contributed by atoms with Crippen molar-refractivity contribution in [2.45, 2.75) is 63.1 Å². The molecule has 0 saturated heterocycles. The van der Waals surface area contributed by atoms with Crippen LogP contribution < -0.4 is 0 Å². The van der Waals surface area contributed by atoms with E-state index in [1.165, 1.54) is 34.6 Å². The lowest BCUT2D eigenvalue weighted by molar-refractivity contribution is 0.102. The number of fused-ring (bicyclic) bond motifs is 1. The van der Waals surface area contributed by atoms with Gasteiger partial charge >= 0.3 is 0 Å². The fourth-order valence-corrected chi connectivity index (χ4v) is 4.29. The minimum atomic E-state index is 0.245. The lowest BCUT2D eigenvalue weighted by atomic mass is 10.0. The van der Waals surface area contributed by atoms with Gasteiger partial charge in [-0.1, -0.05) is 12.1 Å². The summed E-state index contributed by atoms with van der Waals surface area (Å²) >= 11 is 1.81. The van der Waals surface area contributed by atoms with Crippen LogP contribution in [-0.2, 0) is 13.1 Å². The third kappa shape index (κ3) is 2.93. The zero-order valence-corrected chi connectivity index (χ0v) is 16.1. The van der Waals surface area contributed by atoms with Crippen molar-refractivity contribution in [3.63, 3.8) is 0 Å². The average Bonchev–Trinajstić information content (AvgIpc) is 3.33. The molecule has 1 aliphatic carbocycles. The minimum Gasteiger partial charge on any atom is -0.345 e. The van der Waals surface area contributed by atoms with Crippen LogP contribution in [0.4, 0.5) is 0 Å². The van der Waals surface area contributed by atoms with Crippen LogP contribution in [0.3, 0.4) is 0 Å². The number of nitrogens with zero attached hydrogens (tertiary/aromatic N) is 2. The lowest BCUT2D eigenvalue weighted by Gasteiger charge is -2.39. The van der Waals surface area contributed by atoms with E-state index in [4.69, 9.17) is 0 Å². The summed E-state index contributed by atoms with van der Waals surface area (Å²) in [7, 11) is 0. The number of hydrogen-bond acceptors (Lipinski definition) is 2. The zero-order chi connectivity index (χ0) is 16.9. The molecule has 0 spiro atoms. The predicted octanol–water partition coefficient (Wildman–Crippen LogP) is 5.37. The summed E-state index contributed by atoms with van der Waals surface area (Å²) in [5, 5.41) is 0. The Bertz CT molecular complexity index is 732. The second-order valence-electron chi connectivity index (χ2n) is 8.18. The quantitative estimate of drug-likeness (QED) is 0.694. The van der Waals surface area contributed by atoms with Gasteiger partial charge in [0.25, 0.3) is 0 Å². The molecule has 0 N–H and O–H groups in total. The van der Waals surface area contributed by atoms with Crippen molar-refractivity contribution < 1.29 is 0 Å². The highest BCUT2D eigenvalue weighted by atomic mass is 32.2. The van der Waals surface area contributed by atoms with Gasteiger partial charge in [0.1, 0.15) is 0 Å². The Morgan fingerprint density at radius 3 is 2.33 bits per heavy atom. The third-order valence-electron chi connectivity index (χ3n) is 5.48. The molecule has 2 aromatic rings. The van der Waals surface area contributed by atoms with E-state index in [0.29, 0.717) is 0 Å². The van der Waals surface area contributed by atoms with Gasteiger partial charge in [-0.2, -0.15) is 0 Å². The summed E-state index contributed by atoms with van der Waals surface area (Å²) in [6.45, 7) is 10.4. The van der Waals surface area contributed by atoms with Crippen LogP contribution in [0.5, 0.6) is 0 Å². The Morgan fingerprint density at radius 2 is 1.75 bits per heavy atom. The topological polar surface area (TPSA) is 8.17 Å². The molecule has 2 heterocycles. The van der Waals surface area contributed by atoms with E-state index < -0.39 is 0 Å². The molecular formula is C21H28N2S. The van der Waals surface area contributed by atoms with Gasteiger partial charge in [-0.25, -0.2) is 0 Å². The molecule has 0 unspecified atom stereocenters. The Balaban J connectivity index is 1.74. The van der Waals surface area contributed by atoms with E-state index in [1.54, 1.807) is 5.69 Å². The largest absolute Gasteiger partial charge is 0.345 e. The first-order valence-electron chi connectivity index (χ1n) is 9.09. The van der Waals surface area contributed by atoms with Crippen LogP contribution in [0, 0.1) is 0 Å². The summed E-state index contributed by atoms with van der Waals surface area (Å²) in [5.41, 5.74) is 6.22. The van der Waals surface area contributed by atoms with Crippen LogP contribution in [0.25, 0.3) is 11.1 Å². The molecule has 1 aromatic carbocycles. The van der Waals surface area contributed by atoms with E-state index in [1.807, 2.05) is 11.8 Å². The third-order valence-corrected chi connectivity index (χ3v) is 6.23. The highest BCUT2D eigenvalue weighted by molar-refractivity contribution is 7.98. The molecule has 2 nitrogen and oxygen atoms in total. The minimum absolute atomic E-state index is 0.245. The SMILES string of the molecule is CSc1ccc(-c2cc3n(c2C2CC2)CCN(C(C)(C)C)C3)cc1. The number of benzene rings is 1. The number of rotatable bonds is 3. The van der Waals surface area contributed by atoms with Gasteiger partial charge in [-0.15, -0.1) is 11.8 Å². The fourth-order valence-electron chi connectivity index (χ4n) is 3.88. The van der Waals surface area contributed by atoms with Crippen molar-refractivity contribution in [1.29, 1.82) is 0 Å². The Morgan fingerprint density at radius 1 is 1.04 bits per heavy atom. The second kappa shape index (κ2) is 5.96. The van der Waals surface area contributed by atoms with Crippen molar-refractivity contribution in [2.24, 2.45) is 0 Å². The molecule has 0 amide bonds. The number of thioether (sulfide) groups is 1. The van der Waals surface area contributed by atoms with Crippen molar-refractivity contribution in [1.82, 2.24) is 9.47 Å².